The summed E-state index contributed by atoms with van der Waals surface area (Å²) in [5.74, 6) is -1.88. The van der Waals surface area contributed by atoms with Gasteiger partial charge in [-0.05, 0) is 30.7 Å². The van der Waals surface area contributed by atoms with Gasteiger partial charge < -0.3 is 4.74 Å². The number of carbonyl (C=O) groups excluding carboxylic acids is 3. The minimum absolute atomic E-state index is 0.162. The molecule has 8 nitrogen and oxygen atoms in total. The Balaban J connectivity index is 1.68. The van der Waals surface area contributed by atoms with E-state index in [4.69, 9.17) is 4.74 Å². The first-order valence-electron chi connectivity index (χ1n) is 7.79. The van der Waals surface area contributed by atoms with Crippen molar-refractivity contribution in [3.8, 4) is 5.75 Å². The lowest BCUT2D eigenvalue weighted by atomic mass is 10.1. The predicted molar refractivity (Wildman–Crippen MR) is 89.9 cm³/mol. The topological polar surface area (TPSA) is 107 Å². The normalized spacial score (nSPS) is 12.9. The molecule has 0 unspecified atom stereocenters. The zero-order valence-corrected chi connectivity index (χ0v) is 13.8. The minimum atomic E-state index is -0.768. The van der Waals surface area contributed by atoms with Crippen LogP contribution in [0.25, 0.3) is 0 Å². The van der Waals surface area contributed by atoms with Crippen LogP contribution in [0.4, 0.5) is 5.69 Å². The van der Waals surface area contributed by atoms with Crippen molar-refractivity contribution < 1.29 is 24.0 Å². The summed E-state index contributed by atoms with van der Waals surface area (Å²) in [5, 5.41) is 11.0. The number of benzene rings is 2. The molecule has 3 rings (SSSR count). The Bertz CT molecular complexity index is 902. The Morgan fingerprint density at radius 2 is 1.73 bits per heavy atom. The van der Waals surface area contributed by atoms with Gasteiger partial charge in [0.1, 0.15) is 0 Å². The number of amides is 2. The number of hydrogen-bond donors (Lipinski definition) is 0. The first-order chi connectivity index (χ1) is 12.4. The van der Waals surface area contributed by atoms with Gasteiger partial charge in [-0.2, -0.15) is 0 Å². The summed E-state index contributed by atoms with van der Waals surface area (Å²) >= 11 is 0. The van der Waals surface area contributed by atoms with E-state index in [1.807, 2.05) is 0 Å². The largest absolute Gasteiger partial charge is 0.419 e. The highest BCUT2D eigenvalue weighted by Crippen LogP contribution is 2.28. The first-order valence-corrected chi connectivity index (χ1v) is 7.79. The molecule has 0 N–H and O–H groups in total. The highest BCUT2D eigenvalue weighted by Gasteiger charge is 2.35. The van der Waals surface area contributed by atoms with Crippen LogP contribution < -0.4 is 4.74 Å². The quantitative estimate of drug-likeness (QED) is 0.268. The molecule has 1 aliphatic heterocycles. The smallest absolute Gasteiger partial charge is 0.313 e. The summed E-state index contributed by atoms with van der Waals surface area (Å²) in [7, 11) is 0. The molecular formula is C18H14N2O6. The van der Waals surface area contributed by atoms with Crippen molar-refractivity contribution in [2.24, 2.45) is 0 Å². The van der Waals surface area contributed by atoms with Gasteiger partial charge >= 0.3 is 11.7 Å². The number of rotatable bonds is 5. The fourth-order valence-electron chi connectivity index (χ4n) is 2.67. The second kappa shape index (κ2) is 6.75. The Morgan fingerprint density at radius 3 is 2.31 bits per heavy atom. The average Bonchev–Trinajstić information content (AvgIpc) is 2.84. The van der Waals surface area contributed by atoms with E-state index in [2.05, 4.69) is 0 Å². The van der Waals surface area contributed by atoms with Crippen LogP contribution in [0.3, 0.4) is 0 Å². The van der Waals surface area contributed by atoms with E-state index >= 15 is 0 Å². The van der Waals surface area contributed by atoms with Crippen molar-refractivity contribution >= 4 is 23.5 Å². The molecule has 0 radical (unpaired) electrons. The van der Waals surface area contributed by atoms with Crippen LogP contribution in [-0.4, -0.2) is 34.2 Å². The van der Waals surface area contributed by atoms with Crippen molar-refractivity contribution in [2.75, 3.05) is 6.54 Å². The Kier molecular flexibility index (Phi) is 4.49. The van der Waals surface area contributed by atoms with Crippen LogP contribution in [0.15, 0.2) is 42.5 Å². The third-order valence-corrected chi connectivity index (χ3v) is 3.95. The number of imide groups is 1. The van der Waals surface area contributed by atoms with Gasteiger partial charge in [-0.25, -0.2) is 0 Å². The van der Waals surface area contributed by atoms with E-state index in [1.54, 1.807) is 31.2 Å². The van der Waals surface area contributed by atoms with Gasteiger partial charge in [0.05, 0.1) is 22.5 Å². The molecule has 0 saturated heterocycles. The van der Waals surface area contributed by atoms with Crippen LogP contribution >= 0.6 is 0 Å². The number of esters is 1. The van der Waals surface area contributed by atoms with E-state index in [0.29, 0.717) is 16.7 Å². The fraction of sp³-hybridized carbons (Fsp3) is 0.167. The summed E-state index contributed by atoms with van der Waals surface area (Å²) in [6.07, 6.45) is -0.267. The molecule has 0 bridgehead atoms. The summed E-state index contributed by atoms with van der Waals surface area (Å²) in [6, 6.07) is 10.6. The molecule has 2 aromatic carbocycles. The summed E-state index contributed by atoms with van der Waals surface area (Å²) in [6.45, 7) is 1.55. The molecule has 0 spiro atoms. The monoisotopic (exact) mass is 354 g/mol. The lowest BCUT2D eigenvalue weighted by Crippen LogP contribution is -2.32. The number of carbonyl (C=O) groups is 3. The summed E-state index contributed by atoms with van der Waals surface area (Å²) in [5.41, 5.74) is 0.948. The molecule has 2 aromatic rings. The molecule has 0 atom stereocenters. The van der Waals surface area contributed by atoms with Crippen molar-refractivity contribution in [1.82, 2.24) is 4.90 Å². The molecule has 0 saturated carbocycles. The van der Waals surface area contributed by atoms with Crippen molar-refractivity contribution in [3.05, 3.63) is 69.3 Å². The first kappa shape index (κ1) is 17.3. The highest BCUT2D eigenvalue weighted by molar-refractivity contribution is 6.21. The van der Waals surface area contributed by atoms with Crippen LogP contribution in [0.1, 0.15) is 32.7 Å². The van der Waals surface area contributed by atoms with Crippen molar-refractivity contribution in [2.45, 2.75) is 13.3 Å². The van der Waals surface area contributed by atoms with Gasteiger partial charge in [-0.1, -0.05) is 18.2 Å². The second-order valence-corrected chi connectivity index (χ2v) is 5.76. The highest BCUT2D eigenvalue weighted by atomic mass is 16.6. The van der Waals surface area contributed by atoms with Crippen molar-refractivity contribution in [3.63, 3.8) is 0 Å². The van der Waals surface area contributed by atoms with Crippen LogP contribution in [0.2, 0.25) is 0 Å². The third-order valence-electron chi connectivity index (χ3n) is 3.95. The summed E-state index contributed by atoms with van der Waals surface area (Å²) in [4.78, 5) is 47.8. The molecule has 1 heterocycles. The lowest BCUT2D eigenvalue weighted by molar-refractivity contribution is -0.385. The van der Waals surface area contributed by atoms with Crippen LogP contribution in [0.5, 0.6) is 5.75 Å². The number of hydrogen-bond acceptors (Lipinski definition) is 6. The van der Waals surface area contributed by atoms with Gasteiger partial charge in [-0.15, -0.1) is 0 Å². The van der Waals surface area contributed by atoms with Gasteiger partial charge in [-0.3, -0.25) is 29.4 Å². The Hall–Kier alpha value is -3.55. The predicted octanol–water partition coefficient (Wildman–Crippen LogP) is 2.49. The molecule has 0 aromatic heterocycles. The molecule has 0 aliphatic carbocycles. The van der Waals surface area contributed by atoms with E-state index < -0.39 is 22.7 Å². The number of ether oxygens (including phenoxy) is 1. The Morgan fingerprint density at radius 1 is 1.12 bits per heavy atom. The van der Waals surface area contributed by atoms with Gasteiger partial charge in [0.25, 0.3) is 11.8 Å². The van der Waals surface area contributed by atoms with Crippen LogP contribution in [-0.2, 0) is 4.79 Å². The van der Waals surface area contributed by atoms with E-state index in [0.717, 1.165) is 4.90 Å². The van der Waals surface area contributed by atoms with Gasteiger partial charge in [0.15, 0.2) is 0 Å². The van der Waals surface area contributed by atoms with E-state index in [1.165, 1.54) is 18.2 Å². The molecule has 26 heavy (non-hydrogen) atoms. The average molecular weight is 354 g/mol. The third kappa shape index (κ3) is 3.16. The molecule has 2 amide bonds. The van der Waals surface area contributed by atoms with Gasteiger partial charge in [0.2, 0.25) is 5.75 Å². The standard InChI is InChI=1S/C18H14N2O6/c1-11-6-7-14(20(24)25)15(10-11)26-16(21)8-9-19-17(22)12-4-2-3-5-13(12)18(19)23/h2-7,10H,8-9H2,1H3. The number of nitro benzene ring substituents is 1. The Labute approximate surface area is 148 Å². The molecular weight excluding hydrogens is 340 g/mol. The van der Waals surface area contributed by atoms with Crippen molar-refractivity contribution in [1.29, 1.82) is 0 Å². The molecule has 1 aliphatic rings. The minimum Gasteiger partial charge on any atom is -0.419 e. The maximum atomic E-state index is 12.2. The number of nitro groups is 1. The summed E-state index contributed by atoms with van der Waals surface area (Å²) < 4.78 is 5.07. The van der Waals surface area contributed by atoms with Gasteiger partial charge in [0, 0.05) is 12.6 Å². The number of fused-ring (bicyclic) bond motifs is 1. The number of aryl methyl sites for hydroxylation is 1. The fourth-order valence-corrected chi connectivity index (χ4v) is 2.67. The molecule has 8 heteroatoms. The molecule has 0 fully saturated rings. The SMILES string of the molecule is Cc1ccc([N+](=O)[O-])c(OC(=O)CCN2C(=O)c3ccccc3C2=O)c1. The lowest BCUT2D eigenvalue weighted by Gasteiger charge is -2.13. The van der Waals surface area contributed by atoms with Crippen LogP contribution in [0, 0.1) is 17.0 Å². The zero-order valence-electron chi connectivity index (χ0n) is 13.8. The maximum Gasteiger partial charge on any atom is 0.313 e. The number of nitrogens with zero attached hydrogens (tertiary/aromatic N) is 2. The molecule has 132 valence electrons. The second-order valence-electron chi connectivity index (χ2n) is 5.76. The maximum absolute atomic E-state index is 12.2. The zero-order chi connectivity index (χ0) is 18.8. The van der Waals surface area contributed by atoms with E-state index in [9.17, 15) is 24.5 Å². The van der Waals surface area contributed by atoms with E-state index in [-0.39, 0.29) is 24.4 Å².